The van der Waals surface area contributed by atoms with Crippen molar-refractivity contribution in [2.24, 2.45) is 0 Å². The molecular weight excluding hydrogens is 322 g/mol. The summed E-state index contributed by atoms with van der Waals surface area (Å²) in [6, 6.07) is 25.5. The summed E-state index contributed by atoms with van der Waals surface area (Å²) in [5.74, 6) is 1.83. The molecule has 0 saturated heterocycles. The third-order valence-corrected chi connectivity index (χ3v) is 5.17. The number of benzene rings is 3. The zero-order valence-electron chi connectivity index (χ0n) is 14.6. The number of ether oxygens (including phenoxy) is 1. The average molecular weight is 341 g/mol. The Morgan fingerprint density at radius 3 is 2.38 bits per heavy atom. The summed E-state index contributed by atoms with van der Waals surface area (Å²) in [4.78, 5) is 2.39. The number of fused-ring (bicyclic) bond motifs is 2. The van der Waals surface area contributed by atoms with Gasteiger partial charge in [0.1, 0.15) is 17.6 Å². The van der Waals surface area contributed by atoms with Gasteiger partial charge in [-0.05, 0) is 70.4 Å². The van der Waals surface area contributed by atoms with E-state index in [1.165, 1.54) is 21.9 Å². The molecule has 3 aromatic carbocycles. The SMILES string of the molecule is COc1ccc(N2Cc3cc4ccccc4cc3C2c2ccco2)cc1. The summed E-state index contributed by atoms with van der Waals surface area (Å²) in [5, 5.41) is 2.54. The summed E-state index contributed by atoms with van der Waals surface area (Å²) < 4.78 is 11.1. The first-order chi connectivity index (χ1) is 12.8. The summed E-state index contributed by atoms with van der Waals surface area (Å²) >= 11 is 0. The molecule has 2 heterocycles. The fourth-order valence-electron chi connectivity index (χ4n) is 3.91. The van der Waals surface area contributed by atoms with E-state index in [9.17, 15) is 0 Å². The van der Waals surface area contributed by atoms with Crippen LogP contribution in [0.25, 0.3) is 10.8 Å². The van der Waals surface area contributed by atoms with Crippen LogP contribution in [0, 0.1) is 0 Å². The van der Waals surface area contributed by atoms with Gasteiger partial charge in [0, 0.05) is 12.2 Å². The van der Waals surface area contributed by atoms with Crippen LogP contribution in [0.4, 0.5) is 5.69 Å². The number of nitrogens with zero attached hydrogens (tertiary/aromatic N) is 1. The molecule has 0 spiro atoms. The van der Waals surface area contributed by atoms with E-state index >= 15 is 0 Å². The van der Waals surface area contributed by atoms with Crippen LogP contribution in [0.3, 0.4) is 0 Å². The maximum absolute atomic E-state index is 5.82. The van der Waals surface area contributed by atoms with E-state index in [-0.39, 0.29) is 6.04 Å². The molecule has 4 aromatic rings. The van der Waals surface area contributed by atoms with Gasteiger partial charge in [-0.25, -0.2) is 0 Å². The van der Waals surface area contributed by atoms with E-state index in [2.05, 4.69) is 59.5 Å². The number of rotatable bonds is 3. The second-order valence-corrected chi connectivity index (χ2v) is 6.64. The third kappa shape index (κ3) is 2.36. The van der Waals surface area contributed by atoms with Crippen LogP contribution in [-0.4, -0.2) is 7.11 Å². The van der Waals surface area contributed by atoms with Crippen molar-refractivity contribution in [1.82, 2.24) is 0 Å². The van der Waals surface area contributed by atoms with Crippen molar-refractivity contribution in [3.05, 3.63) is 95.9 Å². The van der Waals surface area contributed by atoms with Gasteiger partial charge in [-0.3, -0.25) is 0 Å². The Morgan fingerprint density at radius 2 is 1.69 bits per heavy atom. The molecule has 5 rings (SSSR count). The van der Waals surface area contributed by atoms with Gasteiger partial charge in [-0.15, -0.1) is 0 Å². The van der Waals surface area contributed by atoms with Gasteiger partial charge in [0.25, 0.3) is 0 Å². The van der Waals surface area contributed by atoms with Gasteiger partial charge in [0.2, 0.25) is 0 Å². The van der Waals surface area contributed by atoms with Crippen LogP contribution in [0.2, 0.25) is 0 Å². The van der Waals surface area contributed by atoms with Gasteiger partial charge in [0.15, 0.2) is 0 Å². The number of methoxy groups -OCH3 is 1. The molecule has 0 N–H and O–H groups in total. The molecule has 1 unspecified atom stereocenters. The van der Waals surface area contributed by atoms with Gasteiger partial charge < -0.3 is 14.1 Å². The second kappa shape index (κ2) is 5.95. The van der Waals surface area contributed by atoms with Crippen molar-refractivity contribution >= 4 is 16.5 Å². The minimum atomic E-state index is 0.0815. The lowest BCUT2D eigenvalue weighted by Crippen LogP contribution is -2.21. The summed E-state index contributed by atoms with van der Waals surface area (Å²) in [7, 11) is 1.69. The molecule has 26 heavy (non-hydrogen) atoms. The molecule has 128 valence electrons. The Bertz CT molecular complexity index is 1050. The molecule has 3 heteroatoms. The molecular formula is C23H19NO2. The largest absolute Gasteiger partial charge is 0.497 e. The minimum Gasteiger partial charge on any atom is -0.497 e. The fraction of sp³-hybridized carbons (Fsp3) is 0.130. The maximum Gasteiger partial charge on any atom is 0.130 e. The van der Waals surface area contributed by atoms with Crippen molar-refractivity contribution < 1.29 is 9.15 Å². The molecule has 1 aliphatic rings. The first-order valence-corrected chi connectivity index (χ1v) is 8.79. The third-order valence-electron chi connectivity index (χ3n) is 5.17. The van der Waals surface area contributed by atoms with Gasteiger partial charge in [0.05, 0.1) is 13.4 Å². The lowest BCUT2D eigenvalue weighted by molar-refractivity contribution is 0.414. The molecule has 1 atom stereocenters. The van der Waals surface area contributed by atoms with Crippen LogP contribution >= 0.6 is 0 Å². The summed E-state index contributed by atoms with van der Waals surface area (Å²) in [6.45, 7) is 0.859. The standard InChI is InChI=1S/C23H19NO2/c1-25-20-10-8-19(9-11-20)24-15-18-13-16-5-2-3-6-17(16)14-21(18)23(24)22-7-4-12-26-22/h2-14,23H,15H2,1H3. The predicted molar refractivity (Wildman–Crippen MR) is 104 cm³/mol. The molecule has 0 bridgehead atoms. The van der Waals surface area contributed by atoms with Crippen LogP contribution in [0.1, 0.15) is 22.9 Å². The minimum absolute atomic E-state index is 0.0815. The zero-order valence-corrected chi connectivity index (χ0v) is 14.6. The monoisotopic (exact) mass is 341 g/mol. The highest BCUT2D eigenvalue weighted by molar-refractivity contribution is 5.85. The molecule has 3 nitrogen and oxygen atoms in total. The van der Waals surface area contributed by atoms with E-state index in [1.54, 1.807) is 13.4 Å². The number of hydrogen-bond donors (Lipinski definition) is 0. The number of furan rings is 1. The van der Waals surface area contributed by atoms with Gasteiger partial charge in [-0.2, -0.15) is 0 Å². The van der Waals surface area contributed by atoms with E-state index < -0.39 is 0 Å². The second-order valence-electron chi connectivity index (χ2n) is 6.64. The molecule has 0 radical (unpaired) electrons. The van der Waals surface area contributed by atoms with Crippen molar-refractivity contribution in [3.8, 4) is 5.75 Å². The Labute approximate surface area is 152 Å². The Balaban J connectivity index is 1.66. The Hall–Kier alpha value is -3.20. The van der Waals surface area contributed by atoms with Gasteiger partial charge in [-0.1, -0.05) is 24.3 Å². The van der Waals surface area contributed by atoms with Gasteiger partial charge >= 0.3 is 0 Å². The van der Waals surface area contributed by atoms with Crippen LogP contribution in [0.5, 0.6) is 5.75 Å². The Kier molecular flexibility index (Phi) is 3.45. The number of anilines is 1. The highest BCUT2D eigenvalue weighted by atomic mass is 16.5. The maximum atomic E-state index is 5.82. The van der Waals surface area contributed by atoms with Crippen molar-refractivity contribution in [1.29, 1.82) is 0 Å². The highest BCUT2D eigenvalue weighted by Gasteiger charge is 2.33. The molecule has 0 fully saturated rings. The van der Waals surface area contributed by atoms with E-state index in [4.69, 9.17) is 9.15 Å². The predicted octanol–water partition coefficient (Wildman–Crippen LogP) is 5.55. The lowest BCUT2D eigenvalue weighted by Gasteiger charge is -2.26. The lowest BCUT2D eigenvalue weighted by atomic mass is 9.98. The topological polar surface area (TPSA) is 25.6 Å². The molecule has 0 saturated carbocycles. The molecule has 1 aliphatic heterocycles. The number of hydrogen-bond acceptors (Lipinski definition) is 3. The normalized spacial score (nSPS) is 16.0. The van der Waals surface area contributed by atoms with Crippen molar-refractivity contribution in [3.63, 3.8) is 0 Å². The summed E-state index contributed by atoms with van der Waals surface area (Å²) in [6.07, 6.45) is 1.75. The van der Waals surface area contributed by atoms with E-state index in [0.717, 1.165) is 23.7 Å². The first kappa shape index (κ1) is 15.1. The smallest absolute Gasteiger partial charge is 0.130 e. The van der Waals surface area contributed by atoms with Crippen molar-refractivity contribution in [2.75, 3.05) is 12.0 Å². The average Bonchev–Trinajstić information content (AvgIpc) is 3.33. The van der Waals surface area contributed by atoms with Crippen LogP contribution in [-0.2, 0) is 6.54 Å². The van der Waals surface area contributed by atoms with E-state index in [1.807, 2.05) is 18.2 Å². The molecule has 1 aromatic heterocycles. The van der Waals surface area contributed by atoms with Crippen molar-refractivity contribution in [2.45, 2.75) is 12.6 Å². The highest BCUT2D eigenvalue weighted by Crippen LogP contribution is 2.43. The molecule has 0 amide bonds. The van der Waals surface area contributed by atoms with Crippen LogP contribution in [0.15, 0.2) is 83.5 Å². The van der Waals surface area contributed by atoms with Crippen LogP contribution < -0.4 is 9.64 Å². The van der Waals surface area contributed by atoms with E-state index in [0.29, 0.717) is 0 Å². The Morgan fingerprint density at radius 1 is 0.923 bits per heavy atom. The summed E-state index contributed by atoms with van der Waals surface area (Å²) in [5.41, 5.74) is 3.82. The quantitative estimate of drug-likeness (QED) is 0.488. The zero-order chi connectivity index (χ0) is 17.5. The molecule has 0 aliphatic carbocycles. The first-order valence-electron chi connectivity index (χ1n) is 8.79. The fourth-order valence-corrected chi connectivity index (χ4v) is 3.91.